The lowest BCUT2D eigenvalue weighted by Crippen LogP contribution is -2.49. The van der Waals surface area contributed by atoms with Crippen LogP contribution in [0.3, 0.4) is 0 Å². The first-order valence-corrected chi connectivity index (χ1v) is 3.68. The molecule has 62 valence electrons. The standard InChI is InChI=1S/C4H11N.C3H6O2/c1-2-3-4-5;1-2-3(4)5/h2-5H2,1H3;2H2,1H3,(H,4,5). The van der Waals surface area contributed by atoms with E-state index in [9.17, 15) is 9.90 Å². The van der Waals surface area contributed by atoms with E-state index in [0.29, 0.717) is 0 Å². The summed E-state index contributed by atoms with van der Waals surface area (Å²) in [4.78, 5) is 9.26. The maximum Gasteiger partial charge on any atom is 0.0739 e. The highest BCUT2D eigenvalue weighted by Gasteiger charge is 1.71. The fourth-order valence-electron chi connectivity index (χ4n) is 0.250. The molecular formula is C7H17NO2. The topological polar surface area (TPSA) is 67.8 Å². The van der Waals surface area contributed by atoms with Gasteiger partial charge in [0.05, 0.1) is 6.54 Å². The molecule has 0 spiro atoms. The Balaban J connectivity index is 0. The Morgan fingerprint density at radius 1 is 1.50 bits per heavy atom. The zero-order valence-corrected chi connectivity index (χ0v) is 6.85. The molecule has 0 bridgehead atoms. The zero-order valence-electron chi connectivity index (χ0n) is 6.85. The van der Waals surface area contributed by atoms with Crippen molar-refractivity contribution in [1.82, 2.24) is 0 Å². The Labute approximate surface area is 62.2 Å². The van der Waals surface area contributed by atoms with Crippen molar-refractivity contribution in [3.63, 3.8) is 0 Å². The molecule has 0 amide bonds. The molecule has 10 heavy (non-hydrogen) atoms. The first-order valence-electron chi connectivity index (χ1n) is 3.68. The van der Waals surface area contributed by atoms with Gasteiger partial charge in [0, 0.05) is 5.97 Å². The molecule has 0 aliphatic rings. The van der Waals surface area contributed by atoms with Crippen LogP contribution >= 0.6 is 0 Å². The number of carboxylic acid groups (broad SMARTS) is 1. The molecule has 0 aromatic heterocycles. The van der Waals surface area contributed by atoms with Crippen LogP contribution in [0.2, 0.25) is 0 Å². The fraction of sp³-hybridized carbons (Fsp3) is 0.857. The monoisotopic (exact) mass is 147 g/mol. The summed E-state index contributed by atoms with van der Waals surface area (Å²) in [5, 5.41) is 9.26. The smallest absolute Gasteiger partial charge is 0.0739 e. The van der Waals surface area contributed by atoms with Gasteiger partial charge in [-0.1, -0.05) is 20.3 Å². The Morgan fingerprint density at radius 2 is 1.90 bits per heavy atom. The minimum Gasteiger partial charge on any atom is -0.550 e. The molecule has 0 heterocycles. The van der Waals surface area contributed by atoms with Gasteiger partial charge in [-0.25, -0.2) is 0 Å². The molecule has 0 aromatic rings. The summed E-state index contributed by atoms with van der Waals surface area (Å²) < 4.78 is 0. The summed E-state index contributed by atoms with van der Waals surface area (Å²) in [7, 11) is 0. The van der Waals surface area contributed by atoms with Gasteiger partial charge >= 0.3 is 0 Å². The largest absolute Gasteiger partial charge is 0.550 e. The Bertz CT molecular complexity index is 72.0. The number of carbonyl (C=O) groups is 1. The molecular weight excluding hydrogens is 130 g/mol. The number of rotatable bonds is 3. The quantitative estimate of drug-likeness (QED) is 0.566. The Morgan fingerprint density at radius 3 is 1.90 bits per heavy atom. The summed E-state index contributed by atoms with van der Waals surface area (Å²) in [5.41, 5.74) is 3.68. The van der Waals surface area contributed by atoms with Crippen molar-refractivity contribution in [1.29, 1.82) is 0 Å². The van der Waals surface area contributed by atoms with Crippen LogP contribution in [0.15, 0.2) is 0 Å². The summed E-state index contributed by atoms with van der Waals surface area (Å²) in [6.07, 6.45) is 2.67. The van der Waals surface area contributed by atoms with Gasteiger partial charge in [-0.05, 0) is 12.8 Å². The molecule has 0 rings (SSSR count). The lowest BCUT2D eigenvalue weighted by Gasteiger charge is -1.87. The second-order valence-corrected chi connectivity index (χ2v) is 1.93. The first kappa shape index (κ1) is 12.1. The Kier molecular flexibility index (Phi) is 13.7. The number of quaternary nitrogens is 1. The third-order valence-electron chi connectivity index (χ3n) is 0.892. The normalized spacial score (nSPS) is 7.90. The molecule has 0 saturated heterocycles. The molecule has 0 fully saturated rings. The number of hydrogen-bond acceptors (Lipinski definition) is 2. The van der Waals surface area contributed by atoms with Crippen molar-refractivity contribution in [3.8, 4) is 0 Å². The van der Waals surface area contributed by atoms with E-state index in [1.807, 2.05) is 0 Å². The van der Waals surface area contributed by atoms with Crippen molar-refractivity contribution in [2.75, 3.05) is 6.54 Å². The van der Waals surface area contributed by atoms with Crippen LogP contribution in [-0.4, -0.2) is 12.5 Å². The van der Waals surface area contributed by atoms with E-state index in [-0.39, 0.29) is 6.42 Å². The van der Waals surface area contributed by atoms with Crippen molar-refractivity contribution in [3.05, 3.63) is 0 Å². The molecule has 0 aliphatic heterocycles. The third kappa shape index (κ3) is 26.1. The number of carbonyl (C=O) groups excluding carboxylic acids is 1. The van der Waals surface area contributed by atoms with Gasteiger partial charge in [-0.2, -0.15) is 0 Å². The average Bonchev–Trinajstić information content (AvgIpc) is 1.91. The van der Waals surface area contributed by atoms with Crippen molar-refractivity contribution >= 4 is 5.97 Å². The number of aliphatic carboxylic acids is 1. The molecule has 3 N–H and O–H groups in total. The molecule has 0 aromatic carbocycles. The van der Waals surface area contributed by atoms with Crippen LogP contribution in [0, 0.1) is 0 Å². The lowest BCUT2D eigenvalue weighted by molar-refractivity contribution is -0.368. The van der Waals surface area contributed by atoms with Crippen molar-refractivity contribution in [2.24, 2.45) is 0 Å². The van der Waals surface area contributed by atoms with Crippen LogP contribution in [0.5, 0.6) is 0 Å². The summed E-state index contributed by atoms with van der Waals surface area (Å²) in [6, 6.07) is 0. The molecule has 0 atom stereocenters. The van der Waals surface area contributed by atoms with Gasteiger partial charge in [0.15, 0.2) is 0 Å². The Hall–Kier alpha value is -0.570. The molecule has 0 saturated carbocycles. The molecule has 0 unspecified atom stereocenters. The minimum atomic E-state index is -0.995. The van der Waals surface area contributed by atoms with Gasteiger partial charge in [0.2, 0.25) is 0 Å². The van der Waals surface area contributed by atoms with E-state index in [2.05, 4.69) is 12.7 Å². The van der Waals surface area contributed by atoms with Crippen LogP contribution in [0.4, 0.5) is 0 Å². The number of hydrogen-bond donors (Lipinski definition) is 1. The van der Waals surface area contributed by atoms with E-state index in [4.69, 9.17) is 0 Å². The SMILES string of the molecule is CCC(=O)[O-].CCCC[NH3+]. The van der Waals surface area contributed by atoms with E-state index in [1.165, 1.54) is 19.8 Å². The summed E-state index contributed by atoms with van der Waals surface area (Å²) >= 11 is 0. The number of unbranched alkanes of at least 4 members (excludes halogenated alkanes) is 1. The van der Waals surface area contributed by atoms with Crippen LogP contribution in [0.25, 0.3) is 0 Å². The third-order valence-corrected chi connectivity index (χ3v) is 0.892. The molecule has 0 radical (unpaired) electrons. The van der Waals surface area contributed by atoms with Gasteiger partial charge < -0.3 is 15.6 Å². The number of carboxylic acids is 1. The second kappa shape index (κ2) is 11.3. The maximum absolute atomic E-state index is 9.26. The predicted octanol–water partition coefficient (Wildman–Crippen LogP) is -0.825. The highest BCUT2D eigenvalue weighted by molar-refractivity contribution is 5.63. The summed E-state index contributed by atoms with van der Waals surface area (Å²) in [6.45, 7) is 4.80. The molecule has 3 heteroatoms. The van der Waals surface area contributed by atoms with E-state index < -0.39 is 5.97 Å². The zero-order chi connectivity index (χ0) is 8.41. The van der Waals surface area contributed by atoms with Crippen molar-refractivity contribution in [2.45, 2.75) is 33.1 Å². The van der Waals surface area contributed by atoms with Crippen LogP contribution in [0.1, 0.15) is 33.1 Å². The van der Waals surface area contributed by atoms with Gasteiger partial charge in [-0.3, -0.25) is 0 Å². The predicted molar refractivity (Wildman–Crippen MR) is 38.0 cm³/mol. The maximum atomic E-state index is 9.26. The molecule has 0 aliphatic carbocycles. The van der Waals surface area contributed by atoms with Crippen LogP contribution in [-0.2, 0) is 4.79 Å². The average molecular weight is 147 g/mol. The van der Waals surface area contributed by atoms with E-state index in [1.54, 1.807) is 0 Å². The van der Waals surface area contributed by atoms with Crippen LogP contribution < -0.4 is 10.8 Å². The van der Waals surface area contributed by atoms with Crippen molar-refractivity contribution < 1.29 is 15.6 Å². The van der Waals surface area contributed by atoms with E-state index >= 15 is 0 Å². The first-order chi connectivity index (χ1) is 4.68. The minimum absolute atomic E-state index is 0.111. The highest BCUT2D eigenvalue weighted by atomic mass is 16.4. The lowest BCUT2D eigenvalue weighted by atomic mass is 10.3. The van der Waals surface area contributed by atoms with E-state index in [0.717, 1.165) is 6.54 Å². The fourth-order valence-corrected chi connectivity index (χ4v) is 0.250. The van der Waals surface area contributed by atoms with Gasteiger partial charge in [0.25, 0.3) is 0 Å². The molecule has 3 nitrogen and oxygen atoms in total. The second-order valence-electron chi connectivity index (χ2n) is 1.93. The summed E-state index contributed by atoms with van der Waals surface area (Å²) in [5.74, 6) is -0.995. The van der Waals surface area contributed by atoms with Gasteiger partial charge in [0.1, 0.15) is 0 Å². The van der Waals surface area contributed by atoms with Gasteiger partial charge in [-0.15, -0.1) is 0 Å². The highest BCUT2D eigenvalue weighted by Crippen LogP contribution is 1.75.